The molecule has 1 heterocycles. The van der Waals surface area contributed by atoms with E-state index in [1.807, 2.05) is 11.9 Å². The fourth-order valence-electron chi connectivity index (χ4n) is 3.73. The van der Waals surface area contributed by atoms with Crippen LogP contribution in [0.3, 0.4) is 0 Å². The lowest BCUT2D eigenvalue weighted by molar-refractivity contribution is -0.135. The van der Waals surface area contributed by atoms with Crippen LogP contribution in [0, 0.1) is 5.92 Å². The largest absolute Gasteiger partial charge is 0.345 e. The molecule has 1 aliphatic heterocycles. The van der Waals surface area contributed by atoms with Crippen molar-refractivity contribution in [2.75, 3.05) is 27.2 Å². The van der Waals surface area contributed by atoms with Gasteiger partial charge in [-0.15, -0.1) is 24.8 Å². The fraction of sp³-hybridized carbons (Fsp3) is 0.938. The number of hydrogen-bond donors (Lipinski definition) is 1. The van der Waals surface area contributed by atoms with Gasteiger partial charge in [0.2, 0.25) is 5.91 Å². The molecule has 0 aromatic rings. The molecule has 1 saturated carbocycles. The van der Waals surface area contributed by atoms with Gasteiger partial charge >= 0.3 is 0 Å². The van der Waals surface area contributed by atoms with E-state index < -0.39 is 0 Å². The maximum Gasteiger partial charge on any atom is 0.225 e. The van der Waals surface area contributed by atoms with Crippen molar-refractivity contribution < 1.29 is 4.79 Å². The minimum absolute atomic E-state index is 0. The standard InChI is InChI=1S/C16H31N3O.2ClH/c1-18-10-4-3-8-15(18)9-11-19(2)16(20)13-6-5-7-14(17)12-13;;/h13-15H,3-12,17H2,1-2H3;2*1H. The lowest BCUT2D eigenvalue weighted by atomic mass is 9.85. The predicted octanol–water partition coefficient (Wildman–Crippen LogP) is 2.68. The summed E-state index contributed by atoms with van der Waals surface area (Å²) in [5.74, 6) is 0.492. The van der Waals surface area contributed by atoms with Crippen molar-refractivity contribution in [2.24, 2.45) is 11.7 Å². The molecule has 4 nitrogen and oxygen atoms in total. The van der Waals surface area contributed by atoms with Gasteiger partial charge in [0.15, 0.2) is 0 Å². The van der Waals surface area contributed by atoms with Crippen molar-refractivity contribution in [1.29, 1.82) is 0 Å². The molecular weight excluding hydrogens is 321 g/mol. The molecule has 0 spiro atoms. The minimum atomic E-state index is 0. The summed E-state index contributed by atoms with van der Waals surface area (Å²) in [5, 5.41) is 0. The van der Waals surface area contributed by atoms with Crippen LogP contribution < -0.4 is 5.73 Å². The van der Waals surface area contributed by atoms with Crippen LogP contribution in [0.2, 0.25) is 0 Å². The maximum atomic E-state index is 12.5. The van der Waals surface area contributed by atoms with E-state index in [4.69, 9.17) is 5.73 Å². The van der Waals surface area contributed by atoms with Crippen molar-refractivity contribution in [3.63, 3.8) is 0 Å². The van der Waals surface area contributed by atoms with Crippen LogP contribution in [0.25, 0.3) is 0 Å². The number of carbonyl (C=O) groups is 1. The van der Waals surface area contributed by atoms with Gasteiger partial charge in [-0.2, -0.15) is 0 Å². The van der Waals surface area contributed by atoms with Gasteiger partial charge in [0.25, 0.3) is 0 Å². The summed E-state index contributed by atoms with van der Waals surface area (Å²) in [6.45, 7) is 2.10. The molecule has 0 aromatic carbocycles. The molecule has 132 valence electrons. The summed E-state index contributed by atoms with van der Waals surface area (Å²) in [7, 11) is 4.18. The van der Waals surface area contributed by atoms with E-state index in [-0.39, 0.29) is 36.8 Å². The third-order valence-electron chi connectivity index (χ3n) is 5.16. The molecule has 3 atom stereocenters. The zero-order valence-electron chi connectivity index (χ0n) is 14.0. The molecule has 2 fully saturated rings. The number of amides is 1. The third kappa shape index (κ3) is 6.23. The predicted molar refractivity (Wildman–Crippen MR) is 97.0 cm³/mol. The van der Waals surface area contributed by atoms with Crippen LogP contribution in [0.1, 0.15) is 51.4 Å². The quantitative estimate of drug-likeness (QED) is 0.845. The van der Waals surface area contributed by atoms with Crippen molar-refractivity contribution in [1.82, 2.24) is 9.80 Å². The van der Waals surface area contributed by atoms with E-state index in [2.05, 4.69) is 11.9 Å². The van der Waals surface area contributed by atoms with Crippen molar-refractivity contribution in [2.45, 2.75) is 63.5 Å². The van der Waals surface area contributed by atoms with Crippen LogP contribution in [0.4, 0.5) is 0 Å². The van der Waals surface area contributed by atoms with Crippen molar-refractivity contribution in [3.05, 3.63) is 0 Å². The summed E-state index contributed by atoms with van der Waals surface area (Å²) >= 11 is 0. The Hall–Kier alpha value is -0.0300. The molecule has 0 aromatic heterocycles. The number of nitrogens with two attached hydrogens (primary N) is 1. The fourth-order valence-corrected chi connectivity index (χ4v) is 3.73. The number of likely N-dealkylation sites (tertiary alicyclic amines) is 1. The molecule has 1 aliphatic carbocycles. The molecule has 3 unspecified atom stereocenters. The number of halogens is 2. The van der Waals surface area contributed by atoms with Crippen molar-refractivity contribution in [3.8, 4) is 0 Å². The number of piperidine rings is 1. The van der Waals surface area contributed by atoms with E-state index in [0.717, 1.165) is 38.6 Å². The second-order valence-corrected chi connectivity index (χ2v) is 6.80. The monoisotopic (exact) mass is 353 g/mol. The molecule has 1 amide bonds. The number of rotatable bonds is 4. The molecule has 2 aliphatic rings. The van der Waals surface area contributed by atoms with Crippen LogP contribution >= 0.6 is 24.8 Å². The lowest BCUT2D eigenvalue weighted by Gasteiger charge is -2.34. The van der Waals surface area contributed by atoms with Gasteiger partial charge in [0, 0.05) is 31.6 Å². The summed E-state index contributed by atoms with van der Waals surface area (Å²) in [5.41, 5.74) is 5.99. The van der Waals surface area contributed by atoms with E-state index in [1.165, 1.54) is 25.8 Å². The Kier molecular flexibility index (Phi) is 10.7. The zero-order chi connectivity index (χ0) is 14.5. The molecule has 2 rings (SSSR count). The van der Waals surface area contributed by atoms with Crippen molar-refractivity contribution >= 4 is 30.7 Å². The van der Waals surface area contributed by atoms with Gasteiger partial charge in [-0.05, 0) is 52.1 Å². The van der Waals surface area contributed by atoms with Gasteiger partial charge in [-0.3, -0.25) is 4.79 Å². The van der Waals surface area contributed by atoms with Gasteiger partial charge in [0.05, 0.1) is 0 Å². The first-order valence-corrected chi connectivity index (χ1v) is 8.28. The first kappa shape index (κ1) is 22.0. The molecule has 2 N–H and O–H groups in total. The zero-order valence-corrected chi connectivity index (χ0v) is 15.6. The van der Waals surface area contributed by atoms with Gasteiger partial charge < -0.3 is 15.5 Å². The van der Waals surface area contributed by atoms with Crippen LogP contribution in [0.15, 0.2) is 0 Å². The summed E-state index contributed by atoms with van der Waals surface area (Å²) in [6, 6.07) is 0.892. The minimum Gasteiger partial charge on any atom is -0.345 e. The number of carbonyl (C=O) groups excluding carboxylic acids is 1. The first-order valence-electron chi connectivity index (χ1n) is 8.28. The maximum absolute atomic E-state index is 12.5. The topological polar surface area (TPSA) is 49.6 Å². The Morgan fingerprint density at radius 2 is 1.91 bits per heavy atom. The van der Waals surface area contributed by atoms with E-state index in [0.29, 0.717) is 11.9 Å². The highest BCUT2D eigenvalue weighted by Crippen LogP contribution is 2.25. The van der Waals surface area contributed by atoms with E-state index in [9.17, 15) is 4.79 Å². The molecule has 22 heavy (non-hydrogen) atoms. The Morgan fingerprint density at radius 3 is 2.55 bits per heavy atom. The molecule has 6 heteroatoms. The average molecular weight is 354 g/mol. The normalized spacial score (nSPS) is 29.1. The SMILES string of the molecule is CN(CCC1CCCCN1C)C(=O)C1CCCC(N)C1.Cl.Cl. The highest BCUT2D eigenvalue weighted by molar-refractivity contribution is 5.85. The van der Waals surface area contributed by atoms with Crippen LogP contribution in [-0.4, -0.2) is 55.0 Å². The Balaban J connectivity index is 0.00000220. The summed E-state index contributed by atoms with van der Waals surface area (Å²) in [6.07, 6.45) is 9.15. The highest BCUT2D eigenvalue weighted by Gasteiger charge is 2.28. The molecule has 0 bridgehead atoms. The van der Waals surface area contributed by atoms with Gasteiger partial charge in [-0.1, -0.05) is 12.8 Å². The van der Waals surface area contributed by atoms with E-state index >= 15 is 0 Å². The van der Waals surface area contributed by atoms with Gasteiger partial charge in [0.1, 0.15) is 0 Å². The lowest BCUT2D eigenvalue weighted by Crippen LogP contribution is -2.42. The van der Waals surface area contributed by atoms with Crippen LogP contribution in [0.5, 0.6) is 0 Å². The summed E-state index contributed by atoms with van der Waals surface area (Å²) in [4.78, 5) is 16.9. The second kappa shape index (κ2) is 10.7. The Morgan fingerprint density at radius 1 is 1.18 bits per heavy atom. The van der Waals surface area contributed by atoms with E-state index in [1.54, 1.807) is 0 Å². The number of nitrogens with zero attached hydrogens (tertiary/aromatic N) is 2. The van der Waals surface area contributed by atoms with Gasteiger partial charge in [-0.25, -0.2) is 0 Å². The summed E-state index contributed by atoms with van der Waals surface area (Å²) < 4.78 is 0. The first-order chi connectivity index (χ1) is 9.58. The smallest absolute Gasteiger partial charge is 0.225 e. The number of hydrogen-bond acceptors (Lipinski definition) is 3. The van der Waals surface area contributed by atoms with Crippen LogP contribution in [-0.2, 0) is 4.79 Å². The molecule has 1 saturated heterocycles. The second-order valence-electron chi connectivity index (χ2n) is 6.80. The third-order valence-corrected chi connectivity index (χ3v) is 5.16. The average Bonchev–Trinajstić information content (AvgIpc) is 2.45. The molecule has 0 radical (unpaired) electrons. The highest BCUT2D eigenvalue weighted by atomic mass is 35.5. The molecular formula is C16H33Cl2N3O. The Bertz CT molecular complexity index is 331. The Labute approximate surface area is 148 Å².